The molecule has 4 heteroatoms. The summed E-state index contributed by atoms with van der Waals surface area (Å²) < 4.78 is 0. The molecule has 0 unspecified atom stereocenters. The first-order valence-corrected chi connectivity index (χ1v) is 9.91. The molecule has 0 aromatic carbocycles. The second kappa shape index (κ2) is 10.9. The molecule has 2 rings (SSSR count). The van der Waals surface area contributed by atoms with Crippen molar-refractivity contribution in [1.82, 2.24) is 15.5 Å². The summed E-state index contributed by atoms with van der Waals surface area (Å²) >= 11 is 0. The van der Waals surface area contributed by atoms with Crippen molar-refractivity contribution in [3.05, 3.63) is 0 Å². The number of unbranched alkanes of at least 4 members (excludes halogenated alkanes) is 1. The third-order valence-corrected chi connectivity index (χ3v) is 5.71. The first kappa shape index (κ1) is 18.6. The highest BCUT2D eigenvalue weighted by Crippen LogP contribution is 2.28. The number of rotatable bonds is 8. The van der Waals surface area contributed by atoms with Crippen molar-refractivity contribution in [2.45, 2.75) is 64.2 Å². The molecule has 134 valence electrons. The lowest BCUT2D eigenvalue weighted by Gasteiger charge is -2.29. The lowest BCUT2D eigenvalue weighted by molar-refractivity contribution is 0.213. The van der Waals surface area contributed by atoms with Gasteiger partial charge in [0.2, 0.25) is 0 Å². The number of nitrogens with zero attached hydrogens (tertiary/aromatic N) is 2. The zero-order valence-electron chi connectivity index (χ0n) is 15.4. The van der Waals surface area contributed by atoms with Crippen LogP contribution in [0.3, 0.4) is 0 Å². The Bertz CT molecular complexity index is 328. The molecule has 0 aromatic heterocycles. The molecule has 0 bridgehead atoms. The number of aliphatic imine (C=N–C) groups is 1. The molecule has 1 saturated heterocycles. The van der Waals surface area contributed by atoms with Crippen molar-refractivity contribution in [3.63, 3.8) is 0 Å². The monoisotopic (exact) mass is 322 g/mol. The smallest absolute Gasteiger partial charge is 0.190 e. The summed E-state index contributed by atoms with van der Waals surface area (Å²) in [7, 11) is 4.11. The molecule has 1 heterocycles. The fourth-order valence-electron chi connectivity index (χ4n) is 4.03. The molecule has 2 fully saturated rings. The van der Waals surface area contributed by atoms with E-state index in [9.17, 15) is 0 Å². The molecule has 0 aromatic rings. The summed E-state index contributed by atoms with van der Waals surface area (Å²) in [6.07, 6.45) is 13.9. The van der Waals surface area contributed by atoms with Crippen molar-refractivity contribution in [2.75, 3.05) is 40.3 Å². The van der Waals surface area contributed by atoms with Gasteiger partial charge in [0, 0.05) is 20.1 Å². The number of piperidine rings is 1. The van der Waals surface area contributed by atoms with Crippen LogP contribution in [0, 0.1) is 11.8 Å². The molecule has 1 aliphatic carbocycles. The average Bonchev–Trinajstić information content (AvgIpc) is 3.08. The molecule has 2 aliphatic rings. The Morgan fingerprint density at radius 3 is 2.26 bits per heavy atom. The first-order chi connectivity index (χ1) is 11.3. The van der Waals surface area contributed by atoms with E-state index in [2.05, 4.69) is 27.6 Å². The first-order valence-electron chi connectivity index (χ1n) is 9.91. The summed E-state index contributed by atoms with van der Waals surface area (Å²) in [5, 5.41) is 6.96. The van der Waals surface area contributed by atoms with Gasteiger partial charge in [-0.2, -0.15) is 0 Å². The summed E-state index contributed by atoms with van der Waals surface area (Å²) in [4.78, 5) is 6.78. The topological polar surface area (TPSA) is 39.7 Å². The summed E-state index contributed by atoms with van der Waals surface area (Å²) in [5.41, 5.74) is 0. The molecule has 1 saturated carbocycles. The minimum Gasteiger partial charge on any atom is -0.356 e. The van der Waals surface area contributed by atoms with Crippen molar-refractivity contribution < 1.29 is 0 Å². The van der Waals surface area contributed by atoms with Gasteiger partial charge < -0.3 is 15.5 Å². The predicted molar refractivity (Wildman–Crippen MR) is 100 cm³/mol. The van der Waals surface area contributed by atoms with Crippen molar-refractivity contribution in [2.24, 2.45) is 16.8 Å². The zero-order chi connectivity index (χ0) is 16.3. The van der Waals surface area contributed by atoms with Gasteiger partial charge in [-0.25, -0.2) is 0 Å². The molecule has 4 nitrogen and oxygen atoms in total. The Hall–Kier alpha value is -0.770. The molecule has 23 heavy (non-hydrogen) atoms. The number of nitrogens with one attached hydrogen (secondary N) is 2. The minimum atomic E-state index is 0.892. The Labute approximate surface area is 143 Å². The van der Waals surface area contributed by atoms with Crippen LogP contribution in [-0.2, 0) is 0 Å². The zero-order valence-corrected chi connectivity index (χ0v) is 15.4. The van der Waals surface area contributed by atoms with Crippen LogP contribution in [0.4, 0.5) is 0 Å². The van der Waals surface area contributed by atoms with Crippen molar-refractivity contribution in [1.29, 1.82) is 0 Å². The Morgan fingerprint density at radius 1 is 0.913 bits per heavy atom. The van der Waals surface area contributed by atoms with Crippen LogP contribution < -0.4 is 10.6 Å². The second-order valence-electron chi connectivity index (χ2n) is 7.61. The molecule has 1 aliphatic heterocycles. The highest BCUT2D eigenvalue weighted by atomic mass is 15.2. The fraction of sp³-hybridized carbons (Fsp3) is 0.947. The third kappa shape index (κ3) is 7.56. The van der Waals surface area contributed by atoms with Gasteiger partial charge in [0.1, 0.15) is 0 Å². The molecule has 2 N–H and O–H groups in total. The van der Waals surface area contributed by atoms with E-state index in [1.807, 2.05) is 7.05 Å². The second-order valence-corrected chi connectivity index (χ2v) is 7.61. The molecular weight excluding hydrogens is 284 g/mol. The predicted octanol–water partition coefficient (Wildman–Crippen LogP) is 3.24. The maximum absolute atomic E-state index is 4.34. The summed E-state index contributed by atoms with van der Waals surface area (Å²) in [5.74, 6) is 2.91. The van der Waals surface area contributed by atoms with E-state index in [0.717, 1.165) is 30.9 Å². The van der Waals surface area contributed by atoms with E-state index in [1.165, 1.54) is 77.3 Å². The molecule has 0 amide bonds. The standard InChI is InChI=1S/C19H38N4/c1-20-19(21-13-6-5-9-17-7-3-4-8-17)22-14-10-18-11-15-23(2)16-12-18/h17-18H,3-16H2,1-2H3,(H2,20,21,22). The highest BCUT2D eigenvalue weighted by Gasteiger charge is 2.16. The van der Waals surface area contributed by atoms with Gasteiger partial charge in [-0.05, 0) is 57.7 Å². The normalized spacial score (nSPS) is 21.7. The molecular formula is C19H38N4. The number of guanidine groups is 1. The molecule has 0 radical (unpaired) electrons. The molecule has 0 atom stereocenters. The van der Waals surface area contributed by atoms with Gasteiger partial charge in [0.15, 0.2) is 5.96 Å². The fourth-order valence-corrected chi connectivity index (χ4v) is 4.03. The summed E-state index contributed by atoms with van der Waals surface area (Å²) in [6.45, 7) is 4.63. The van der Waals surface area contributed by atoms with Gasteiger partial charge in [-0.1, -0.05) is 38.5 Å². The van der Waals surface area contributed by atoms with Crippen LogP contribution in [0.15, 0.2) is 4.99 Å². The van der Waals surface area contributed by atoms with Gasteiger partial charge in [0.25, 0.3) is 0 Å². The summed E-state index contributed by atoms with van der Waals surface area (Å²) in [6, 6.07) is 0. The van der Waals surface area contributed by atoms with Gasteiger partial charge in [0.05, 0.1) is 0 Å². The largest absolute Gasteiger partial charge is 0.356 e. The van der Waals surface area contributed by atoms with Crippen LogP contribution in [0.5, 0.6) is 0 Å². The highest BCUT2D eigenvalue weighted by molar-refractivity contribution is 5.79. The van der Waals surface area contributed by atoms with Crippen molar-refractivity contribution >= 4 is 5.96 Å². The van der Waals surface area contributed by atoms with Gasteiger partial charge in [-0.3, -0.25) is 4.99 Å². The Morgan fingerprint density at radius 2 is 1.57 bits per heavy atom. The number of hydrogen-bond acceptors (Lipinski definition) is 2. The Balaban J connectivity index is 1.46. The van der Waals surface area contributed by atoms with E-state index >= 15 is 0 Å². The van der Waals surface area contributed by atoms with Gasteiger partial charge >= 0.3 is 0 Å². The molecule has 0 spiro atoms. The minimum absolute atomic E-state index is 0.892. The van der Waals surface area contributed by atoms with Crippen molar-refractivity contribution in [3.8, 4) is 0 Å². The van der Waals surface area contributed by atoms with E-state index in [1.54, 1.807) is 0 Å². The van der Waals surface area contributed by atoms with Gasteiger partial charge in [-0.15, -0.1) is 0 Å². The van der Waals surface area contributed by atoms with Crippen LogP contribution in [0.25, 0.3) is 0 Å². The number of hydrogen-bond donors (Lipinski definition) is 2. The van der Waals surface area contributed by atoms with E-state index in [-0.39, 0.29) is 0 Å². The van der Waals surface area contributed by atoms with Crippen LogP contribution in [0.1, 0.15) is 64.2 Å². The van der Waals surface area contributed by atoms with E-state index in [0.29, 0.717) is 0 Å². The maximum Gasteiger partial charge on any atom is 0.190 e. The third-order valence-electron chi connectivity index (χ3n) is 5.71. The average molecular weight is 323 g/mol. The van der Waals surface area contributed by atoms with Crippen LogP contribution in [0.2, 0.25) is 0 Å². The Kier molecular flexibility index (Phi) is 8.80. The maximum atomic E-state index is 4.34. The quantitative estimate of drug-likeness (QED) is 0.409. The van der Waals surface area contributed by atoms with E-state index < -0.39 is 0 Å². The van der Waals surface area contributed by atoms with Crippen LogP contribution in [-0.4, -0.2) is 51.1 Å². The van der Waals surface area contributed by atoms with Crippen LogP contribution >= 0.6 is 0 Å². The lowest BCUT2D eigenvalue weighted by Crippen LogP contribution is -2.39. The lowest BCUT2D eigenvalue weighted by atomic mass is 9.94. The van der Waals surface area contributed by atoms with E-state index in [4.69, 9.17) is 0 Å². The number of likely N-dealkylation sites (tertiary alicyclic amines) is 1. The SMILES string of the molecule is CN=C(NCCCCC1CCCC1)NCCC1CCN(C)CC1.